The van der Waals surface area contributed by atoms with E-state index < -0.39 is 0 Å². The lowest BCUT2D eigenvalue weighted by Crippen LogP contribution is -2.41. The Morgan fingerprint density at radius 1 is 1.09 bits per heavy atom. The molecule has 1 unspecified atom stereocenters. The van der Waals surface area contributed by atoms with Crippen LogP contribution in [0.25, 0.3) is 0 Å². The molecule has 0 aliphatic carbocycles. The zero-order valence-electron chi connectivity index (χ0n) is 13.9. The fraction of sp³-hybridized carbons (Fsp3) is 0.368. The third-order valence-electron chi connectivity index (χ3n) is 4.05. The van der Waals surface area contributed by atoms with Gasteiger partial charge in [-0.3, -0.25) is 4.98 Å². The second-order valence-electron chi connectivity index (χ2n) is 5.53. The highest BCUT2D eigenvalue weighted by Crippen LogP contribution is 2.20. The predicted octanol–water partition coefficient (Wildman–Crippen LogP) is 3.46. The second kappa shape index (κ2) is 8.93. The van der Waals surface area contributed by atoms with Crippen molar-refractivity contribution in [3.8, 4) is 0 Å². The Morgan fingerprint density at radius 2 is 1.74 bits per heavy atom. The van der Waals surface area contributed by atoms with Crippen molar-refractivity contribution < 1.29 is 4.79 Å². The number of benzene rings is 1. The molecule has 2 rings (SSSR count). The lowest BCUT2D eigenvalue weighted by Gasteiger charge is -2.23. The summed E-state index contributed by atoms with van der Waals surface area (Å²) in [5.74, 6) is 0.248. The minimum absolute atomic E-state index is 0.00524. The van der Waals surface area contributed by atoms with E-state index in [0.29, 0.717) is 6.54 Å². The molecule has 0 saturated carbocycles. The minimum Gasteiger partial charge on any atom is -0.337 e. The zero-order chi connectivity index (χ0) is 16.5. The fourth-order valence-corrected chi connectivity index (χ4v) is 2.67. The molecule has 2 amide bonds. The van der Waals surface area contributed by atoms with E-state index in [2.05, 4.69) is 22.4 Å². The van der Waals surface area contributed by atoms with Gasteiger partial charge < -0.3 is 10.2 Å². The van der Waals surface area contributed by atoms with E-state index >= 15 is 0 Å². The van der Waals surface area contributed by atoms with Gasteiger partial charge >= 0.3 is 6.03 Å². The summed E-state index contributed by atoms with van der Waals surface area (Å²) in [6.07, 6.45) is 4.50. The number of aromatic nitrogens is 1. The molecule has 2 aromatic rings. The van der Waals surface area contributed by atoms with Gasteiger partial charge in [0.25, 0.3) is 0 Å². The third-order valence-corrected chi connectivity index (χ3v) is 4.05. The van der Waals surface area contributed by atoms with Crippen LogP contribution in [0.15, 0.2) is 54.9 Å². The molecule has 23 heavy (non-hydrogen) atoms. The van der Waals surface area contributed by atoms with Crippen LogP contribution in [0.1, 0.15) is 30.9 Å². The quantitative estimate of drug-likeness (QED) is 0.851. The van der Waals surface area contributed by atoms with Crippen molar-refractivity contribution in [1.82, 2.24) is 15.2 Å². The van der Waals surface area contributed by atoms with E-state index in [-0.39, 0.29) is 11.9 Å². The van der Waals surface area contributed by atoms with Crippen molar-refractivity contribution >= 4 is 6.03 Å². The smallest absolute Gasteiger partial charge is 0.317 e. The summed E-state index contributed by atoms with van der Waals surface area (Å²) in [6.45, 7) is 6.07. The molecule has 122 valence electrons. The molecule has 0 spiro atoms. The summed E-state index contributed by atoms with van der Waals surface area (Å²) < 4.78 is 0. The Bertz CT molecular complexity index is 582. The minimum atomic E-state index is 0.00524. The van der Waals surface area contributed by atoms with Crippen LogP contribution in [0.3, 0.4) is 0 Å². The summed E-state index contributed by atoms with van der Waals surface area (Å²) >= 11 is 0. The SMILES string of the molecule is CCN(CC)C(=O)NCC(Cc1ccncc1)c1ccccc1. The predicted molar refractivity (Wildman–Crippen MR) is 93.4 cm³/mol. The molecule has 1 N–H and O–H groups in total. The Morgan fingerprint density at radius 3 is 2.35 bits per heavy atom. The lowest BCUT2D eigenvalue weighted by atomic mass is 9.92. The topological polar surface area (TPSA) is 45.2 Å². The van der Waals surface area contributed by atoms with Crippen LogP contribution >= 0.6 is 0 Å². The molecular weight excluding hydrogens is 286 g/mol. The Labute approximate surface area is 138 Å². The molecule has 1 aromatic heterocycles. The normalized spacial score (nSPS) is 11.7. The molecule has 1 aromatic carbocycles. The van der Waals surface area contributed by atoms with Crippen molar-refractivity contribution in [1.29, 1.82) is 0 Å². The Hall–Kier alpha value is -2.36. The first kappa shape index (κ1) is 17.0. The summed E-state index contributed by atoms with van der Waals surface area (Å²) in [5, 5.41) is 3.07. The molecule has 0 fully saturated rings. The van der Waals surface area contributed by atoms with Crippen LogP contribution in [0.2, 0.25) is 0 Å². The van der Waals surface area contributed by atoms with Crippen molar-refractivity contribution in [3.05, 3.63) is 66.0 Å². The Balaban J connectivity index is 2.07. The van der Waals surface area contributed by atoms with Crippen LogP contribution < -0.4 is 5.32 Å². The van der Waals surface area contributed by atoms with Gasteiger partial charge in [0, 0.05) is 37.9 Å². The van der Waals surface area contributed by atoms with Crippen LogP contribution in [-0.2, 0) is 6.42 Å². The highest BCUT2D eigenvalue weighted by atomic mass is 16.2. The molecule has 0 aliphatic heterocycles. The number of nitrogens with zero attached hydrogens (tertiary/aromatic N) is 2. The fourth-order valence-electron chi connectivity index (χ4n) is 2.67. The van der Waals surface area contributed by atoms with E-state index in [1.807, 2.05) is 56.6 Å². The summed E-state index contributed by atoms with van der Waals surface area (Å²) in [7, 11) is 0. The highest BCUT2D eigenvalue weighted by molar-refractivity contribution is 5.74. The van der Waals surface area contributed by atoms with Gasteiger partial charge in [-0.1, -0.05) is 30.3 Å². The summed E-state index contributed by atoms with van der Waals surface area (Å²) in [5.41, 5.74) is 2.47. The van der Waals surface area contributed by atoms with E-state index in [1.54, 1.807) is 4.90 Å². The first-order chi connectivity index (χ1) is 11.2. The van der Waals surface area contributed by atoms with Crippen LogP contribution in [-0.4, -0.2) is 35.5 Å². The molecule has 0 radical (unpaired) electrons. The summed E-state index contributed by atoms with van der Waals surface area (Å²) in [6, 6.07) is 14.4. The zero-order valence-corrected chi connectivity index (χ0v) is 13.9. The Kier molecular flexibility index (Phi) is 6.60. The molecule has 0 saturated heterocycles. The average molecular weight is 311 g/mol. The number of rotatable bonds is 7. The van der Waals surface area contributed by atoms with E-state index in [4.69, 9.17) is 0 Å². The monoisotopic (exact) mass is 311 g/mol. The van der Waals surface area contributed by atoms with Gasteiger partial charge in [0.1, 0.15) is 0 Å². The molecule has 1 heterocycles. The number of pyridine rings is 1. The van der Waals surface area contributed by atoms with Crippen molar-refractivity contribution in [2.75, 3.05) is 19.6 Å². The first-order valence-corrected chi connectivity index (χ1v) is 8.21. The largest absolute Gasteiger partial charge is 0.337 e. The maximum Gasteiger partial charge on any atom is 0.317 e. The van der Waals surface area contributed by atoms with E-state index in [1.165, 1.54) is 11.1 Å². The number of carbonyl (C=O) groups is 1. The molecule has 1 atom stereocenters. The van der Waals surface area contributed by atoms with Gasteiger partial charge in [0.05, 0.1) is 0 Å². The van der Waals surface area contributed by atoms with Crippen molar-refractivity contribution in [3.63, 3.8) is 0 Å². The van der Waals surface area contributed by atoms with Gasteiger partial charge in [-0.2, -0.15) is 0 Å². The van der Waals surface area contributed by atoms with Gasteiger partial charge in [-0.15, -0.1) is 0 Å². The van der Waals surface area contributed by atoms with Gasteiger partial charge in [0.2, 0.25) is 0 Å². The van der Waals surface area contributed by atoms with E-state index in [9.17, 15) is 4.79 Å². The van der Waals surface area contributed by atoms with Gasteiger partial charge in [-0.25, -0.2) is 4.79 Å². The number of hydrogen-bond acceptors (Lipinski definition) is 2. The van der Waals surface area contributed by atoms with Crippen molar-refractivity contribution in [2.24, 2.45) is 0 Å². The number of amides is 2. The lowest BCUT2D eigenvalue weighted by molar-refractivity contribution is 0.202. The number of carbonyl (C=O) groups excluding carboxylic acids is 1. The van der Waals surface area contributed by atoms with E-state index in [0.717, 1.165) is 19.5 Å². The second-order valence-corrected chi connectivity index (χ2v) is 5.53. The number of hydrogen-bond donors (Lipinski definition) is 1. The third kappa shape index (κ3) is 5.09. The van der Waals surface area contributed by atoms with Crippen molar-refractivity contribution in [2.45, 2.75) is 26.2 Å². The molecule has 0 aliphatic rings. The van der Waals surface area contributed by atoms with Crippen LogP contribution in [0.4, 0.5) is 4.79 Å². The maximum absolute atomic E-state index is 12.2. The standard InChI is InChI=1S/C19H25N3O/c1-3-22(4-2)19(23)21-15-18(17-8-6-5-7-9-17)14-16-10-12-20-13-11-16/h5-13,18H,3-4,14-15H2,1-2H3,(H,21,23). The average Bonchev–Trinajstić information content (AvgIpc) is 2.61. The number of urea groups is 1. The van der Waals surface area contributed by atoms with Crippen LogP contribution in [0.5, 0.6) is 0 Å². The van der Waals surface area contributed by atoms with Gasteiger partial charge in [-0.05, 0) is 43.5 Å². The molecule has 0 bridgehead atoms. The first-order valence-electron chi connectivity index (χ1n) is 8.21. The highest BCUT2D eigenvalue weighted by Gasteiger charge is 2.15. The van der Waals surface area contributed by atoms with Crippen LogP contribution in [0, 0.1) is 0 Å². The van der Waals surface area contributed by atoms with Gasteiger partial charge in [0.15, 0.2) is 0 Å². The molecule has 4 nitrogen and oxygen atoms in total. The summed E-state index contributed by atoms with van der Waals surface area (Å²) in [4.78, 5) is 18.1. The molecule has 4 heteroatoms. The molecular formula is C19H25N3O. The maximum atomic E-state index is 12.2. The number of nitrogens with one attached hydrogen (secondary N) is 1.